The molecule has 1 heterocycles. The van der Waals surface area contributed by atoms with Gasteiger partial charge in [0.2, 0.25) is 0 Å². The number of carbonyl (C=O) groups is 3. The van der Waals surface area contributed by atoms with Crippen molar-refractivity contribution in [3.63, 3.8) is 0 Å². The number of carbonyl (C=O) groups excluding carboxylic acids is 3. The Morgan fingerprint density at radius 3 is 2.71 bits per heavy atom. The Morgan fingerprint density at radius 1 is 1.42 bits per heavy atom. The van der Waals surface area contributed by atoms with Crippen molar-refractivity contribution in [1.82, 2.24) is 5.32 Å². The molecular weight excluding hydrogens is 350 g/mol. The Balaban J connectivity index is 2.14. The molecule has 0 bridgehead atoms. The maximum Gasteiger partial charge on any atom is 0.387 e. The van der Waals surface area contributed by atoms with E-state index in [1.54, 1.807) is 0 Å². The third-order valence-electron chi connectivity index (χ3n) is 3.27. The Bertz CT molecular complexity index is 671. The average molecular weight is 363 g/mol. The highest BCUT2D eigenvalue weighted by atomic mass is 35.5. The zero-order chi connectivity index (χ0) is 17.9. The van der Waals surface area contributed by atoms with Crippen molar-refractivity contribution in [2.75, 3.05) is 12.0 Å². The first-order valence-corrected chi connectivity index (χ1v) is 7.17. The summed E-state index contributed by atoms with van der Waals surface area (Å²) in [7, 11) is 1.22. The van der Waals surface area contributed by atoms with Gasteiger partial charge >= 0.3 is 18.6 Å². The molecule has 3 amide bonds. The lowest BCUT2D eigenvalue weighted by Crippen LogP contribution is -2.31. The number of amides is 3. The Hall–Kier alpha value is -2.42. The van der Waals surface area contributed by atoms with E-state index in [4.69, 9.17) is 11.6 Å². The van der Waals surface area contributed by atoms with Crippen LogP contribution >= 0.6 is 11.6 Å². The van der Waals surface area contributed by atoms with E-state index in [9.17, 15) is 23.2 Å². The fraction of sp³-hybridized carbons (Fsp3) is 0.357. The van der Waals surface area contributed by atoms with Crippen molar-refractivity contribution in [1.29, 1.82) is 0 Å². The van der Waals surface area contributed by atoms with Crippen LogP contribution in [0, 0.1) is 0 Å². The number of ether oxygens (including phenoxy) is 2. The molecule has 1 aromatic carbocycles. The summed E-state index contributed by atoms with van der Waals surface area (Å²) in [6, 6.07) is 1.97. The summed E-state index contributed by atoms with van der Waals surface area (Å²) >= 11 is 5.82. The van der Waals surface area contributed by atoms with E-state index in [1.165, 1.54) is 19.2 Å². The zero-order valence-corrected chi connectivity index (χ0v) is 13.2. The number of alkyl halides is 2. The highest BCUT2D eigenvalue weighted by Gasteiger charge is 2.39. The number of esters is 1. The summed E-state index contributed by atoms with van der Waals surface area (Å²) in [6.07, 6.45) is 0.0387. The minimum Gasteiger partial charge on any atom is -0.469 e. The van der Waals surface area contributed by atoms with Gasteiger partial charge in [0, 0.05) is 6.42 Å². The van der Waals surface area contributed by atoms with Crippen molar-refractivity contribution in [3.05, 3.63) is 23.2 Å². The topological polar surface area (TPSA) is 84.9 Å². The van der Waals surface area contributed by atoms with Gasteiger partial charge in [-0.1, -0.05) is 11.6 Å². The normalized spacial score (nSPS) is 17.2. The van der Waals surface area contributed by atoms with Gasteiger partial charge in [-0.05, 0) is 24.6 Å². The predicted octanol–water partition coefficient (Wildman–Crippen LogP) is 2.32. The second kappa shape index (κ2) is 7.43. The molecule has 130 valence electrons. The summed E-state index contributed by atoms with van der Waals surface area (Å²) in [6.45, 7) is -3.05. The van der Waals surface area contributed by atoms with Crippen molar-refractivity contribution < 1.29 is 32.6 Å². The van der Waals surface area contributed by atoms with Crippen LogP contribution in [0.3, 0.4) is 0 Å². The third-order valence-corrected chi connectivity index (χ3v) is 3.57. The van der Waals surface area contributed by atoms with Crippen LogP contribution in [0.15, 0.2) is 18.2 Å². The second-order valence-corrected chi connectivity index (χ2v) is 5.19. The standard InChI is InChI=1S/C14H13ClF2N2O5/c1-23-11(20)5-3-9-12(21)19(14(22)18-9)7-2-4-10(8(15)6-7)24-13(16)17/h2,4,6,9,13H,3,5H2,1H3,(H,18,22)/t9-/m1/s1. The van der Waals surface area contributed by atoms with E-state index in [-0.39, 0.29) is 29.3 Å². The van der Waals surface area contributed by atoms with Gasteiger partial charge in [-0.2, -0.15) is 8.78 Å². The van der Waals surface area contributed by atoms with Crippen molar-refractivity contribution in [3.8, 4) is 5.75 Å². The SMILES string of the molecule is COC(=O)CC[C@H]1NC(=O)N(c2ccc(OC(F)F)c(Cl)c2)C1=O. The van der Waals surface area contributed by atoms with Gasteiger partial charge in [-0.15, -0.1) is 0 Å². The number of anilines is 1. The molecule has 1 atom stereocenters. The van der Waals surface area contributed by atoms with Crippen molar-refractivity contribution >= 4 is 35.2 Å². The number of urea groups is 1. The van der Waals surface area contributed by atoms with Crippen LogP contribution in [0.1, 0.15) is 12.8 Å². The van der Waals surface area contributed by atoms with E-state index in [2.05, 4.69) is 14.8 Å². The average Bonchev–Trinajstić information content (AvgIpc) is 2.80. The van der Waals surface area contributed by atoms with Crippen LogP contribution in [0.2, 0.25) is 5.02 Å². The zero-order valence-electron chi connectivity index (χ0n) is 12.4. The molecule has 0 saturated carbocycles. The van der Waals surface area contributed by atoms with Gasteiger partial charge in [0.15, 0.2) is 0 Å². The number of benzene rings is 1. The molecule has 7 nitrogen and oxygen atoms in total. The van der Waals surface area contributed by atoms with Crippen molar-refractivity contribution in [2.45, 2.75) is 25.5 Å². The summed E-state index contributed by atoms with van der Waals surface area (Å²) in [4.78, 5) is 36.2. The minimum atomic E-state index is -3.05. The quantitative estimate of drug-likeness (QED) is 0.620. The van der Waals surface area contributed by atoms with Gasteiger partial charge in [0.25, 0.3) is 5.91 Å². The van der Waals surface area contributed by atoms with Gasteiger partial charge in [-0.25, -0.2) is 9.69 Å². The van der Waals surface area contributed by atoms with Gasteiger partial charge in [-0.3, -0.25) is 9.59 Å². The first kappa shape index (κ1) is 17.9. The first-order valence-electron chi connectivity index (χ1n) is 6.79. The molecule has 0 aromatic heterocycles. The molecule has 0 unspecified atom stereocenters. The molecule has 1 fully saturated rings. The molecule has 1 aliphatic rings. The second-order valence-electron chi connectivity index (χ2n) is 4.78. The predicted molar refractivity (Wildman–Crippen MR) is 79.1 cm³/mol. The third kappa shape index (κ3) is 3.91. The van der Waals surface area contributed by atoms with E-state index in [0.29, 0.717) is 0 Å². The highest BCUT2D eigenvalue weighted by Crippen LogP contribution is 2.32. The molecule has 0 spiro atoms. The molecule has 24 heavy (non-hydrogen) atoms. The molecule has 10 heteroatoms. The monoisotopic (exact) mass is 362 g/mol. The molecule has 1 saturated heterocycles. The first-order chi connectivity index (χ1) is 11.3. The smallest absolute Gasteiger partial charge is 0.387 e. The van der Waals surface area contributed by atoms with Crippen LogP contribution in [0.4, 0.5) is 19.3 Å². The lowest BCUT2D eigenvalue weighted by molar-refractivity contribution is -0.140. The molecule has 2 rings (SSSR count). The van der Waals surface area contributed by atoms with Crippen molar-refractivity contribution in [2.24, 2.45) is 0 Å². The Morgan fingerprint density at radius 2 is 2.12 bits per heavy atom. The number of methoxy groups -OCH3 is 1. The molecule has 0 radical (unpaired) electrons. The molecule has 0 aliphatic carbocycles. The molecule has 1 N–H and O–H groups in total. The number of halogens is 3. The summed E-state index contributed by atoms with van der Waals surface area (Å²) in [5.41, 5.74) is 0.102. The summed E-state index contributed by atoms with van der Waals surface area (Å²) in [5, 5.41) is 2.26. The number of hydrogen-bond acceptors (Lipinski definition) is 5. The molecule has 1 aliphatic heterocycles. The minimum absolute atomic E-state index is 0.0387. The fourth-order valence-electron chi connectivity index (χ4n) is 2.16. The van der Waals surface area contributed by atoms with E-state index in [0.717, 1.165) is 11.0 Å². The Labute approximate surface area is 140 Å². The molecule has 1 aromatic rings. The number of imide groups is 1. The maximum absolute atomic E-state index is 12.3. The van der Waals surface area contributed by atoms with Crippen LogP contribution in [-0.2, 0) is 14.3 Å². The van der Waals surface area contributed by atoms with E-state index >= 15 is 0 Å². The summed E-state index contributed by atoms with van der Waals surface area (Å²) in [5.74, 6) is -1.36. The fourth-order valence-corrected chi connectivity index (χ4v) is 2.38. The van der Waals surface area contributed by atoms with E-state index in [1.807, 2.05) is 0 Å². The van der Waals surface area contributed by atoms with Crippen LogP contribution in [0.25, 0.3) is 0 Å². The lowest BCUT2D eigenvalue weighted by Gasteiger charge is -2.15. The lowest BCUT2D eigenvalue weighted by atomic mass is 10.1. The largest absolute Gasteiger partial charge is 0.469 e. The number of hydrogen-bond donors (Lipinski definition) is 1. The van der Waals surface area contributed by atoms with Crippen LogP contribution in [0.5, 0.6) is 5.75 Å². The van der Waals surface area contributed by atoms with Gasteiger partial charge < -0.3 is 14.8 Å². The van der Waals surface area contributed by atoms with Gasteiger partial charge in [0.05, 0.1) is 17.8 Å². The van der Waals surface area contributed by atoms with Crippen LogP contribution in [-0.4, -0.2) is 37.7 Å². The highest BCUT2D eigenvalue weighted by molar-refractivity contribution is 6.32. The number of nitrogens with one attached hydrogen (secondary N) is 1. The van der Waals surface area contributed by atoms with Crippen LogP contribution < -0.4 is 15.0 Å². The number of rotatable bonds is 6. The van der Waals surface area contributed by atoms with Gasteiger partial charge in [0.1, 0.15) is 11.8 Å². The Kier molecular flexibility index (Phi) is 5.55. The molecular formula is C14H13ClF2N2O5. The number of nitrogens with zero attached hydrogens (tertiary/aromatic N) is 1. The van der Waals surface area contributed by atoms with E-state index < -0.39 is 30.6 Å². The summed E-state index contributed by atoms with van der Waals surface area (Å²) < 4.78 is 33.1. The maximum atomic E-state index is 12.3.